The quantitative estimate of drug-likeness (QED) is 0.626. The van der Waals surface area contributed by atoms with Gasteiger partial charge in [0, 0.05) is 25.7 Å². The van der Waals surface area contributed by atoms with E-state index in [9.17, 15) is 9.59 Å². The molecule has 2 aromatic rings. The van der Waals surface area contributed by atoms with Crippen LogP contribution >= 0.6 is 0 Å². The molecule has 0 aromatic heterocycles. The van der Waals surface area contributed by atoms with Crippen molar-refractivity contribution < 1.29 is 14.3 Å². The molecule has 0 spiro atoms. The molecule has 0 bridgehead atoms. The van der Waals surface area contributed by atoms with Crippen LogP contribution in [0.5, 0.6) is 0 Å². The summed E-state index contributed by atoms with van der Waals surface area (Å²) in [6.07, 6.45) is 2.06. The third-order valence-corrected chi connectivity index (χ3v) is 3.49. The molecule has 24 heavy (non-hydrogen) atoms. The maximum atomic E-state index is 12.3. The Bertz CT molecular complexity index is 718. The number of esters is 1. The molecule has 4 nitrogen and oxygen atoms in total. The predicted molar refractivity (Wildman–Crippen MR) is 94.2 cm³/mol. The molecule has 0 fully saturated rings. The average molecular weight is 323 g/mol. The SMILES string of the molecule is Cc1ccc(/C=C/C(=O)O[C@H](C(=O)N(C)C)c2ccccc2)cc1. The fraction of sp³-hybridized carbons (Fsp3) is 0.200. The Morgan fingerprint density at radius 1 is 1.00 bits per heavy atom. The van der Waals surface area contributed by atoms with E-state index in [0.717, 1.165) is 11.1 Å². The van der Waals surface area contributed by atoms with Gasteiger partial charge in [-0.1, -0.05) is 60.2 Å². The number of hydrogen-bond donors (Lipinski definition) is 0. The smallest absolute Gasteiger partial charge is 0.331 e. The normalized spacial score (nSPS) is 12.0. The molecule has 0 N–H and O–H groups in total. The van der Waals surface area contributed by atoms with Crippen LogP contribution in [0.25, 0.3) is 6.08 Å². The van der Waals surface area contributed by atoms with E-state index in [4.69, 9.17) is 4.74 Å². The third kappa shape index (κ3) is 4.81. The summed E-state index contributed by atoms with van der Waals surface area (Å²) in [5, 5.41) is 0. The maximum absolute atomic E-state index is 12.3. The number of likely N-dealkylation sites (N-methyl/N-ethyl adjacent to an activating group) is 1. The molecule has 0 aliphatic rings. The zero-order chi connectivity index (χ0) is 17.5. The van der Waals surface area contributed by atoms with Gasteiger partial charge < -0.3 is 9.64 Å². The zero-order valence-corrected chi connectivity index (χ0v) is 14.1. The second kappa shape index (κ2) is 8.11. The Kier molecular flexibility index (Phi) is 5.90. The lowest BCUT2D eigenvalue weighted by Gasteiger charge is -2.20. The Balaban J connectivity index is 2.12. The fourth-order valence-corrected chi connectivity index (χ4v) is 2.12. The van der Waals surface area contributed by atoms with Crippen LogP contribution in [-0.2, 0) is 14.3 Å². The van der Waals surface area contributed by atoms with Crippen molar-refractivity contribution in [3.8, 4) is 0 Å². The molecule has 0 unspecified atom stereocenters. The van der Waals surface area contributed by atoms with Gasteiger partial charge in [0.25, 0.3) is 5.91 Å². The molecular formula is C20H21NO3. The molecule has 0 saturated heterocycles. The standard InChI is InChI=1S/C20H21NO3/c1-15-9-11-16(12-10-15)13-14-18(22)24-19(20(23)21(2)3)17-7-5-4-6-8-17/h4-14,19H,1-3H3/b14-13+/t19-/m0/s1. The van der Waals surface area contributed by atoms with E-state index >= 15 is 0 Å². The first-order valence-corrected chi connectivity index (χ1v) is 7.69. The Morgan fingerprint density at radius 2 is 1.62 bits per heavy atom. The van der Waals surface area contributed by atoms with Crippen LogP contribution in [0.3, 0.4) is 0 Å². The van der Waals surface area contributed by atoms with Crippen LogP contribution in [0, 0.1) is 6.92 Å². The third-order valence-electron chi connectivity index (χ3n) is 3.49. The number of hydrogen-bond acceptors (Lipinski definition) is 3. The molecule has 1 amide bonds. The van der Waals surface area contributed by atoms with E-state index in [-0.39, 0.29) is 5.91 Å². The number of carbonyl (C=O) groups excluding carboxylic acids is 2. The Labute approximate surface area is 142 Å². The number of amides is 1. The molecule has 2 rings (SSSR count). The summed E-state index contributed by atoms with van der Waals surface area (Å²) in [5.74, 6) is -0.835. The van der Waals surface area contributed by atoms with Gasteiger partial charge in [-0.3, -0.25) is 4.79 Å². The topological polar surface area (TPSA) is 46.6 Å². The van der Waals surface area contributed by atoms with Crippen molar-refractivity contribution in [3.05, 3.63) is 77.4 Å². The highest BCUT2D eigenvalue weighted by Gasteiger charge is 2.25. The molecule has 0 radical (unpaired) electrons. The summed E-state index contributed by atoms with van der Waals surface area (Å²) < 4.78 is 5.39. The second-order valence-electron chi connectivity index (χ2n) is 5.70. The molecule has 4 heteroatoms. The first kappa shape index (κ1) is 17.5. The average Bonchev–Trinajstić information content (AvgIpc) is 2.59. The Hall–Kier alpha value is -2.88. The van der Waals surface area contributed by atoms with Gasteiger partial charge >= 0.3 is 5.97 Å². The molecule has 2 aromatic carbocycles. The summed E-state index contributed by atoms with van der Waals surface area (Å²) in [5.41, 5.74) is 2.69. The van der Waals surface area contributed by atoms with Crippen molar-refractivity contribution in [1.29, 1.82) is 0 Å². The highest BCUT2D eigenvalue weighted by Crippen LogP contribution is 2.20. The lowest BCUT2D eigenvalue weighted by Crippen LogP contribution is -2.30. The number of nitrogens with zero attached hydrogens (tertiary/aromatic N) is 1. The van der Waals surface area contributed by atoms with E-state index in [1.54, 1.807) is 44.4 Å². The highest BCUT2D eigenvalue weighted by molar-refractivity contribution is 5.90. The van der Waals surface area contributed by atoms with Crippen molar-refractivity contribution in [2.75, 3.05) is 14.1 Å². The van der Waals surface area contributed by atoms with Gasteiger partial charge in [-0.2, -0.15) is 0 Å². The summed E-state index contributed by atoms with van der Waals surface area (Å²) in [6, 6.07) is 16.8. The van der Waals surface area contributed by atoms with Crippen LogP contribution < -0.4 is 0 Å². The summed E-state index contributed by atoms with van der Waals surface area (Å²) >= 11 is 0. The van der Waals surface area contributed by atoms with Crippen LogP contribution in [-0.4, -0.2) is 30.9 Å². The van der Waals surface area contributed by atoms with Crippen molar-refractivity contribution >= 4 is 18.0 Å². The molecule has 0 aliphatic carbocycles. The van der Waals surface area contributed by atoms with E-state index in [1.807, 2.05) is 37.3 Å². The van der Waals surface area contributed by atoms with Crippen molar-refractivity contribution in [1.82, 2.24) is 4.90 Å². The summed E-state index contributed by atoms with van der Waals surface area (Å²) in [4.78, 5) is 25.8. The van der Waals surface area contributed by atoms with Gasteiger partial charge in [0.15, 0.2) is 0 Å². The van der Waals surface area contributed by atoms with Crippen molar-refractivity contribution in [2.45, 2.75) is 13.0 Å². The van der Waals surface area contributed by atoms with Gasteiger partial charge in [0.2, 0.25) is 6.10 Å². The first-order valence-electron chi connectivity index (χ1n) is 7.69. The van der Waals surface area contributed by atoms with Crippen LogP contribution in [0.4, 0.5) is 0 Å². The monoisotopic (exact) mass is 323 g/mol. The van der Waals surface area contributed by atoms with E-state index in [0.29, 0.717) is 5.56 Å². The summed E-state index contributed by atoms with van der Waals surface area (Å²) in [6.45, 7) is 2.00. The van der Waals surface area contributed by atoms with Crippen molar-refractivity contribution in [2.24, 2.45) is 0 Å². The van der Waals surface area contributed by atoms with Gasteiger partial charge in [-0.25, -0.2) is 4.79 Å². The second-order valence-corrected chi connectivity index (χ2v) is 5.70. The molecule has 1 atom stereocenters. The first-order chi connectivity index (χ1) is 11.5. The fourth-order valence-electron chi connectivity index (χ4n) is 2.12. The van der Waals surface area contributed by atoms with E-state index in [1.165, 1.54) is 11.0 Å². The number of aryl methyl sites for hydroxylation is 1. The molecule has 124 valence electrons. The van der Waals surface area contributed by atoms with E-state index in [2.05, 4.69) is 0 Å². The molecular weight excluding hydrogens is 302 g/mol. The number of carbonyl (C=O) groups is 2. The van der Waals surface area contributed by atoms with E-state index < -0.39 is 12.1 Å². The highest BCUT2D eigenvalue weighted by atomic mass is 16.5. The van der Waals surface area contributed by atoms with Gasteiger partial charge in [-0.15, -0.1) is 0 Å². The number of ether oxygens (including phenoxy) is 1. The largest absolute Gasteiger partial charge is 0.444 e. The maximum Gasteiger partial charge on any atom is 0.331 e. The van der Waals surface area contributed by atoms with Crippen LogP contribution in [0.1, 0.15) is 22.8 Å². The minimum Gasteiger partial charge on any atom is -0.444 e. The zero-order valence-electron chi connectivity index (χ0n) is 14.1. The van der Waals surface area contributed by atoms with Gasteiger partial charge in [-0.05, 0) is 18.6 Å². The van der Waals surface area contributed by atoms with Crippen LogP contribution in [0.2, 0.25) is 0 Å². The van der Waals surface area contributed by atoms with Gasteiger partial charge in [0.05, 0.1) is 0 Å². The molecule has 0 aliphatic heterocycles. The van der Waals surface area contributed by atoms with Gasteiger partial charge in [0.1, 0.15) is 0 Å². The molecule has 0 saturated carbocycles. The lowest BCUT2D eigenvalue weighted by molar-refractivity contribution is -0.155. The van der Waals surface area contributed by atoms with Crippen molar-refractivity contribution in [3.63, 3.8) is 0 Å². The van der Waals surface area contributed by atoms with Crippen LogP contribution in [0.15, 0.2) is 60.7 Å². The predicted octanol–water partition coefficient (Wildman–Crippen LogP) is 3.38. The number of rotatable bonds is 5. The minimum atomic E-state index is -0.948. The minimum absolute atomic E-state index is 0.279. The summed E-state index contributed by atoms with van der Waals surface area (Å²) in [7, 11) is 3.27. The lowest BCUT2D eigenvalue weighted by atomic mass is 10.1. The Morgan fingerprint density at radius 3 is 2.21 bits per heavy atom. The number of benzene rings is 2. The molecule has 0 heterocycles.